The maximum Gasteiger partial charge on any atom is 0.139 e. The van der Waals surface area contributed by atoms with Crippen LogP contribution in [0.2, 0.25) is 0 Å². The first-order valence-corrected chi connectivity index (χ1v) is 4.72. The molecule has 0 aliphatic carbocycles. The standard InChI is InChI=1S/C10H16N2O3/c11-9-6(1-3-13)5-8(15)10(12)7(9)2-4-14/h5,13-15H,1-4,11-12H2. The molecule has 0 aliphatic rings. The summed E-state index contributed by atoms with van der Waals surface area (Å²) in [6.45, 7) is -0.136. The second-order valence-corrected chi connectivity index (χ2v) is 3.31. The number of phenolic OH excluding ortho intramolecular Hbond substituents is 1. The lowest BCUT2D eigenvalue weighted by Gasteiger charge is -2.14. The molecule has 15 heavy (non-hydrogen) atoms. The van der Waals surface area contributed by atoms with Gasteiger partial charge in [0.25, 0.3) is 0 Å². The van der Waals surface area contributed by atoms with E-state index in [4.69, 9.17) is 21.7 Å². The molecule has 0 amide bonds. The molecule has 7 N–H and O–H groups in total. The van der Waals surface area contributed by atoms with Gasteiger partial charge in [-0.05, 0) is 24.5 Å². The Morgan fingerprint density at radius 3 is 2.13 bits per heavy atom. The zero-order valence-electron chi connectivity index (χ0n) is 8.40. The van der Waals surface area contributed by atoms with Crippen molar-refractivity contribution >= 4 is 11.4 Å². The Balaban J connectivity index is 3.22. The maximum atomic E-state index is 9.51. The van der Waals surface area contributed by atoms with Gasteiger partial charge in [0.2, 0.25) is 0 Å². The first-order chi connectivity index (χ1) is 7.11. The number of nitrogen functional groups attached to an aromatic ring is 2. The van der Waals surface area contributed by atoms with Crippen molar-refractivity contribution in [2.24, 2.45) is 0 Å². The molecule has 0 aliphatic heterocycles. The predicted molar refractivity (Wildman–Crippen MR) is 58.5 cm³/mol. The molecule has 0 radical (unpaired) electrons. The molecule has 0 unspecified atom stereocenters. The Bertz CT molecular complexity index is 353. The number of benzene rings is 1. The Morgan fingerprint density at radius 1 is 1.00 bits per heavy atom. The Kier molecular flexibility index (Phi) is 3.76. The molecule has 0 bridgehead atoms. The van der Waals surface area contributed by atoms with Gasteiger partial charge in [-0.25, -0.2) is 0 Å². The molecule has 1 rings (SSSR count). The van der Waals surface area contributed by atoms with Crippen LogP contribution in [0.15, 0.2) is 6.07 Å². The Morgan fingerprint density at radius 2 is 1.60 bits per heavy atom. The van der Waals surface area contributed by atoms with E-state index in [0.29, 0.717) is 29.7 Å². The van der Waals surface area contributed by atoms with Crippen molar-refractivity contribution in [1.29, 1.82) is 0 Å². The van der Waals surface area contributed by atoms with Crippen LogP contribution in [-0.4, -0.2) is 28.5 Å². The van der Waals surface area contributed by atoms with E-state index in [0.717, 1.165) is 0 Å². The van der Waals surface area contributed by atoms with Gasteiger partial charge in [-0.2, -0.15) is 0 Å². The lowest BCUT2D eigenvalue weighted by atomic mass is 10.00. The van der Waals surface area contributed by atoms with Gasteiger partial charge in [0, 0.05) is 24.5 Å². The monoisotopic (exact) mass is 212 g/mol. The topological polar surface area (TPSA) is 113 Å². The van der Waals surface area contributed by atoms with Crippen molar-refractivity contribution in [3.63, 3.8) is 0 Å². The highest BCUT2D eigenvalue weighted by Gasteiger charge is 2.12. The summed E-state index contributed by atoms with van der Waals surface area (Å²) in [6.07, 6.45) is 0.655. The van der Waals surface area contributed by atoms with Crippen molar-refractivity contribution in [2.75, 3.05) is 24.7 Å². The van der Waals surface area contributed by atoms with Crippen molar-refractivity contribution in [1.82, 2.24) is 0 Å². The van der Waals surface area contributed by atoms with E-state index in [1.807, 2.05) is 0 Å². The molecule has 0 saturated heterocycles. The number of anilines is 2. The molecule has 0 spiro atoms. The molecule has 84 valence electrons. The van der Waals surface area contributed by atoms with Crippen LogP contribution in [0, 0.1) is 0 Å². The fourth-order valence-corrected chi connectivity index (χ4v) is 1.52. The summed E-state index contributed by atoms with van der Waals surface area (Å²) < 4.78 is 0. The summed E-state index contributed by atoms with van der Waals surface area (Å²) in [7, 11) is 0. The number of hydrogen-bond acceptors (Lipinski definition) is 5. The van der Waals surface area contributed by atoms with Crippen LogP contribution < -0.4 is 11.5 Å². The average Bonchev–Trinajstić information content (AvgIpc) is 2.21. The number of rotatable bonds is 4. The number of aliphatic hydroxyl groups excluding tert-OH is 2. The molecule has 0 atom stereocenters. The Labute approximate surface area is 88.0 Å². The highest BCUT2D eigenvalue weighted by atomic mass is 16.3. The SMILES string of the molecule is Nc1c(O)cc(CCO)c(N)c1CCO. The number of aromatic hydroxyl groups is 1. The number of phenols is 1. The van der Waals surface area contributed by atoms with Crippen LogP contribution in [0.1, 0.15) is 11.1 Å². The number of aliphatic hydroxyl groups is 2. The van der Waals surface area contributed by atoms with E-state index < -0.39 is 0 Å². The minimum Gasteiger partial charge on any atom is -0.506 e. The highest BCUT2D eigenvalue weighted by molar-refractivity contribution is 5.71. The third kappa shape index (κ3) is 2.31. The molecular formula is C10H16N2O3. The van der Waals surface area contributed by atoms with Crippen molar-refractivity contribution in [2.45, 2.75) is 12.8 Å². The van der Waals surface area contributed by atoms with E-state index in [1.54, 1.807) is 0 Å². The van der Waals surface area contributed by atoms with Gasteiger partial charge in [0.1, 0.15) is 5.75 Å². The van der Waals surface area contributed by atoms with Gasteiger partial charge >= 0.3 is 0 Å². The minimum absolute atomic E-state index is 0.0495. The summed E-state index contributed by atoms with van der Waals surface area (Å²) in [5, 5.41) is 27.2. The normalized spacial score (nSPS) is 10.5. The first kappa shape index (κ1) is 11.6. The van der Waals surface area contributed by atoms with Crippen LogP contribution >= 0.6 is 0 Å². The molecule has 0 saturated carbocycles. The molecule has 0 fully saturated rings. The lowest BCUT2D eigenvalue weighted by Crippen LogP contribution is -2.07. The second kappa shape index (κ2) is 4.86. The summed E-state index contributed by atoms with van der Waals surface area (Å²) in [5.74, 6) is -0.0592. The van der Waals surface area contributed by atoms with Crippen LogP contribution in [0.4, 0.5) is 11.4 Å². The Hall–Kier alpha value is -1.46. The van der Waals surface area contributed by atoms with Gasteiger partial charge in [-0.15, -0.1) is 0 Å². The molecule has 0 aromatic heterocycles. The van der Waals surface area contributed by atoms with Crippen LogP contribution in [0.25, 0.3) is 0 Å². The zero-order valence-corrected chi connectivity index (χ0v) is 8.40. The summed E-state index contributed by atoms with van der Waals surface area (Å²) >= 11 is 0. The minimum atomic E-state index is -0.0869. The van der Waals surface area contributed by atoms with Crippen LogP contribution in [0.3, 0.4) is 0 Å². The summed E-state index contributed by atoms with van der Waals surface area (Å²) in [6, 6.07) is 1.45. The molecule has 1 aromatic rings. The molecule has 1 aromatic carbocycles. The van der Waals surface area contributed by atoms with Gasteiger partial charge < -0.3 is 26.8 Å². The first-order valence-electron chi connectivity index (χ1n) is 4.72. The van der Waals surface area contributed by atoms with E-state index in [2.05, 4.69) is 0 Å². The van der Waals surface area contributed by atoms with Crippen LogP contribution in [-0.2, 0) is 12.8 Å². The zero-order chi connectivity index (χ0) is 11.4. The lowest BCUT2D eigenvalue weighted by molar-refractivity contribution is 0.298. The van der Waals surface area contributed by atoms with Gasteiger partial charge in [-0.3, -0.25) is 0 Å². The molecular weight excluding hydrogens is 196 g/mol. The van der Waals surface area contributed by atoms with Crippen LogP contribution in [0.5, 0.6) is 5.75 Å². The van der Waals surface area contributed by atoms with Gasteiger partial charge in [0.15, 0.2) is 0 Å². The third-order valence-electron chi connectivity index (χ3n) is 2.33. The molecule has 5 heteroatoms. The van der Waals surface area contributed by atoms with Crippen molar-refractivity contribution in [3.05, 3.63) is 17.2 Å². The maximum absolute atomic E-state index is 9.51. The highest BCUT2D eigenvalue weighted by Crippen LogP contribution is 2.32. The fraction of sp³-hybridized carbons (Fsp3) is 0.400. The summed E-state index contributed by atoms with van der Waals surface area (Å²) in [5.41, 5.74) is 13.3. The van der Waals surface area contributed by atoms with E-state index >= 15 is 0 Å². The molecule has 0 heterocycles. The van der Waals surface area contributed by atoms with E-state index in [1.165, 1.54) is 6.07 Å². The summed E-state index contributed by atoms with van der Waals surface area (Å²) in [4.78, 5) is 0. The van der Waals surface area contributed by atoms with Gasteiger partial charge in [0.05, 0.1) is 5.69 Å². The largest absolute Gasteiger partial charge is 0.506 e. The smallest absolute Gasteiger partial charge is 0.139 e. The number of nitrogens with two attached hydrogens (primary N) is 2. The number of hydrogen-bond donors (Lipinski definition) is 5. The van der Waals surface area contributed by atoms with E-state index in [-0.39, 0.29) is 24.7 Å². The predicted octanol–water partition coefficient (Wildman–Crippen LogP) is -0.374. The van der Waals surface area contributed by atoms with Gasteiger partial charge in [-0.1, -0.05) is 0 Å². The molecule has 5 nitrogen and oxygen atoms in total. The second-order valence-electron chi connectivity index (χ2n) is 3.31. The van der Waals surface area contributed by atoms with E-state index in [9.17, 15) is 5.11 Å². The quantitative estimate of drug-likeness (QED) is 0.265. The average molecular weight is 212 g/mol. The third-order valence-corrected chi connectivity index (χ3v) is 2.33. The van der Waals surface area contributed by atoms with Crippen molar-refractivity contribution < 1.29 is 15.3 Å². The van der Waals surface area contributed by atoms with Crippen molar-refractivity contribution in [3.8, 4) is 5.75 Å². The fourth-order valence-electron chi connectivity index (χ4n) is 1.52.